The highest BCUT2D eigenvalue weighted by Gasteiger charge is 2.21. The number of ether oxygens (including phenoxy) is 2. The molecule has 0 saturated carbocycles. The molecule has 0 spiro atoms. The zero-order valence-electron chi connectivity index (χ0n) is 7.34. The first-order valence-electron chi connectivity index (χ1n) is 4.35. The summed E-state index contributed by atoms with van der Waals surface area (Å²) >= 11 is 0. The van der Waals surface area contributed by atoms with Gasteiger partial charge in [0.05, 0.1) is 13.2 Å². The Morgan fingerprint density at radius 3 is 3.17 bits per heavy atom. The molecule has 0 bridgehead atoms. The van der Waals surface area contributed by atoms with E-state index >= 15 is 0 Å². The number of cyclic esters (lactones) is 1. The maximum absolute atomic E-state index is 10.6. The van der Waals surface area contributed by atoms with Crippen molar-refractivity contribution in [2.75, 3.05) is 19.8 Å². The number of carbonyl (C=O) groups is 1. The molecular formula is C8H15NO3. The number of unbranched alkanes of at least 4 members (excludes halogenated alkanes) is 1. The van der Waals surface area contributed by atoms with Crippen LogP contribution in [0.2, 0.25) is 0 Å². The van der Waals surface area contributed by atoms with Gasteiger partial charge in [-0.25, -0.2) is 4.79 Å². The average molecular weight is 173 g/mol. The molecule has 4 heteroatoms. The summed E-state index contributed by atoms with van der Waals surface area (Å²) in [5, 5.41) is 2.57. The molecule has 0 aromatic heterocycles. The molecule has 0 unspecified atom stereocenters. The summed E-state index contributed by atoms with van der Waals surface area (Å²) in [6.45, 7) is 3.95. The Hall–Kier alpha value is -0.770. The summed E-state index contributed by atoms with van der Waals surface area (Å²) in [5.74, 6) is 0. The number of alkyl carbamates (subject to hydrolysis) is 1. The molecule has 0 radical (unpaired) electrons. The summed E-state index contributed by atoms with van der Waals surface area (Å²) in [6, 6.07) is 0. The molecular weight excluding hydrogens is 158 g/mol. The molecule has 12 heavy (non-hydrogen) atoms. The van der Waals surface area contributed by atoms with Gasteiger partial charge in [0.2, 0.25) is 0 Å². The Kier molecular flexibility index (Phi) is 3.87. The largest absolute Gasteiger partial charge is 0.442 e. The van der Waals surface area contributed by atoms with Crippen LogP contribution in [0.4, 0.5) is 4.79 Å². The normalized spacial score (nSPS) is 22.1. The number of rotatable bonds is 5. The molecule has 0 aromatic rings. The second kappa shape index (κ2) is 4.98. The lowest BCUT2D eigenvalue weighted by molar-refractivity contribution is 0.0448. The van der Waals surface area contributed by atoms with Gasteiger partial charge >= 0.3 is 6.09 Å². The quantitative estimate of drug-likeness (QED) is 0.629. The Morgan fingerprint density at radius 1 is 1.75 bits per heavy atom. The molecule has 0 aromatic carbocycles. The molecule has 1 fully saturated rings. The first kappa shape index (κ1) is 9.32. The van der Waals surface area contributed by atoms with Crippen LogP contribution >= 0.6 is 0 Å². The summed E-state index contributed by atoms with van der Waals surface area (Å²) < 4.78 is 10.2. The van der Waals surface area contributed by atoms with Crippen LogP contribution < -0.4 is 5.32 Å². The third kappa shape index (κ3) is 3.09. The highest BCUT2D eigenvalue weighted by Crippen LogP contribution is 2.00. The number of nitrogens with one attached hydrogen (secondary N) is 1. The van der Waals surface area contributed by atoms with E-state index in [2.05, 4.69) is 12.2 Å². The molecule has 1 heterocycles. The van der Waals surface area contributed by atoms with Gasteiger partial charge < -0.3 is 14.8 Å². The maximum Gasteiger partial charge on any atom is 0.407 e. The lowest BCUT2D eigenvalue weighted by atomic mass is 10.3. The number of hydrogen-bond donors (Lipinski definition) is 1. The Labute approximate surface area is 72.2 Å². The van der Waals surface area contributed by atoms with Crippen molar-refractivity contribution in [2.24, 2.45) is 0 Å². The Bertz CT molecular complexity index is 149. The summed E-state index contributed by atoms with van der Waals surface area (Å²) in [7, 11) is 0. The first-order valence-corrected chi connectivity index (χ1v) is 4.35. The van der Waals surface area contributed by atoms with Gasteiger partial charge in [-0.2, -0.15) is 0 Å². The van der Waals surface area contributed by atoms with Crippen LogP contribution in [0.25, 0.3) is 0 Å². The molecule has 0 aliphatic carbocycles. The van der Waals surface area contributed by atoms with Gasteiger partial charge in [0.15, 0.2) is 0 Å². The smallest absolute Gasteiger partial charge is 0.407 e. The second-order valence-corrected chi connectivity index (χ2v) is 2.84. The second-order valence-electron chi connectivity index (χ2n) is 2.84. The van der Waals surface area contributed by atoms with E-state index in [1.807, 2.05) is 0 Å². The Morgan fingerprint density at radius 2 is 2.58 bits per heavy atom. The average Bonchev–Trinajstić information content (AvgIpc) is 2.45. The first-order chi connectivity index (χ1) is 5.83. The molecule has 1 saturated heterocycles. The fourth-order valence-electron chi connectivity index (χ4n) is 0.986. The predicted molar refractivity (Wildman–Crippen MR) is 44.0 cm³/mol. The van der Waals surface area contributed by atoms with E-state index in [4.69, 9.17) is 9.47 Å². The van der Waals surface area contributed by atoms with Gasteiger partial charge in [-0.1, -0.05) is 13.3 Å². The predicted octanol–water partition coefficient (Wildman–Crippen LogP) is 0.911. The SMILES string of the molecule is CCCCOC[C@@H]1CNC(=O)O1. The van der Waals surface area contributed by atoms with Crippen molar-refractivity contribution in [2.45, 2.75) is 25.9 Å². The van der Waals surface area contributed by atoms with Gasteiger partial charge in [-0.15, -0.1) is 0 Å². The van der Waals surface area contributed by atoms with Gasteiger partial charge in [0.25, 0.3) is 0 Å². The van der Waals surface area contributed by atoms with Crippen LogP contribution in [0.1, 0.15) is 19.8 Å². The van der Waals surface area contributed by atoms with Crippen LogP contribution in [0.3, 0.4) is 0 Å². The van der Waals surface area contributed by atoms with E-state index in [9.17, 15) is 4.79 Å². The molecule has 1 amide bonds. The highest BCUT2D eigenvalue weighted by molar-refractivity contribution is 5.69. The Balaban J connectivity index is 1.97. The van der Waals surface area contributed by atoms with Gasteiger partial charge in [-0.05, 0) is 6.42 Å². The van der Waals surface area contributed by atoms with Crippen LogP contribution in [0, 0.1) is 0 Å². The van der Waals surface area contributed by atoms with Crippen LogP contribution in [-0.4, -0.2) is 32.0 Å². The standard InChI is InChI=1S/C8H15NO3/c1-2-3-4-11-6-7-5-9-8(10)12-7/h7H,2-6H2,1H3,(H,9,10)/t7-/m0/s1. The lowest BCUT2D eigenvalue weighted by Gasteiger charge is -2.07. The van der Waals surface area contributed by atoms with Crippen molar-refractivity contribution < 1.29 is 14.3 Å². The van der Waals surface area contributed by atoms with Crippen LogP contribution in [0.5, 0.6) is 0 Å². The molecule has 1 aliphatic rings. The van der Waals surface area contributed by atoms with Crippen molar-refractivity contribution in [1.29, 1.82) is 0 Å². The summed E-state index contributed by atoms with van der Waals surface area (Å²) in [6.07, 6.45) is 1.77. The summed E-state index contributed by atoms with van der Waals surface area (Å²) in [5.41, 5.74) is 0. The van der Waals surface area contributed by atoms with E-state index in [-0.39, 0.29) is 12.2 Å². The fourth-order valence-corrected chi connectivity index (χ4v) is 0.986. The van der Waals surface area contributed by atoms with Gasteiger partial charge in [0, 0.05) is 6.61 Å². The van der Waals surface area contributed by atoms with Crippen molar-refractivity contribution >= 4 is 6.09 Å². The molecule has 4 nitrogen and oxygen atoms in total. The van der Waals surface area contributed by atoms with Crippen molar-refractivity contribution in [3.63, 3.8) is 0 Å². The maximum atomic E-state index is 10.6. The number of hydrogen-bond acceptors (Lipinski definition) is 3. The van der Waals surface area contributed by atoms with E-state index in [1.54, 1.807) is 0 Å². The summed E-state index contributed by atoms with van der Waals surface area (Å²) in [4.78, 5) is 10.6. The molecule has 1 atom stereocenters. The number of carbonyl (C=O) groups excluding carboxylic acids is 1. The molecule has 1 N–H and O–H groups in total. The van der Waals surface area contributed by atoms with Crippen molar-refractivity contribution in [3.05, 3.63) is 0 Å². The van der Waals surface area contributed by atoms with Crippen LogP contribution in [-0.2, 0) is 9.47 Å². The molecule has 1 rings (SSSR count). The molecule has 1 aliphatic heterocycles. The third-order valence-corrected chi connectivity index (χ3v) is 1.69. The van der Waals surface area contributed by atoms with E-state index in [0.717, 1.165) is 19.4 Å². The zero-order chi connectivity index (χ0) is 8.81. The zero-order valence-corrected chi connectivity index (χ0v) is 7.34. The van der Waals surface area contributed by atoms with Crippen molar-refractivity contribution in [1.82, 2.24) is 5.32 Å². The van der Waals surface area contributed by atoms with E-state index in [0.29, 0.717) is 13.2 Å². The topological polar surface area (TPSA) is 47.6 Å². The minimum atomic E-state index is -0.334. The van der Waals surface area contributed by atoms with Crippen LogP contribution in [0.15, 0.2) is 0 Å². The lowest BCUT2D eigenvalue weighted by Crippen LogP contribution is -2.20. The third-order valence-electron chi connectivity index (χ3n) is 1.69. The minimum Gasteiger partial charge on any atom is -0.442 e. The molecule has 70 valence electrons. The van der Waals surface area contributed by atoms with Crippen molar-refractivity contribution in [3.8, 4) is 0 Å². The van der Waals surface area contributed by atoms with Gasteiger partial charge in [0.1, 0.15) is 6.10 Å². The minimum absolute atomic E-state index is 0.0886. The van der Waals surface area contributed by atoms with E-state index in [1.165, 1.54) is 0 Å². The number of amides is 1. The van der Waals surface area contributed by atoms with E-state index < -0.39 is 0 Å². The monoisotopic (exact) mass is 173 g/mol. The fraction of sp³-hybridized carbons (Fsp3) is 0.875. The van der Waals surface area contributed by atoms with Gasteiger partial charge in [-0.3, -0.25) is 0 Å². The highest BCUT2D eigenvalue weighted by atomic mass is 16.6.